The second kappa shape index (κ2) is 4.09. The lowest BCUT2D eigenvalue weighted by Crippen LogP contribution is -1.98. The van der Waals surface area contributed by atoms with Crippen molar-refractivity contribution in [3.8, 4) is 0 Å². The highest BCUT2D eigenvalue weighted by molar-refractivity contribution is 5.74. The summed E-state index contributed by atoms with van der Waals surface area (Å²) >= 11 is 0. The van der Waals surface area contributed by atoms with Crippen molar-refractivity contribution in [1.82, 2.24) is 0 Å². The average Bonchev–Trinajstić information content (AvgIpc) is 2.06. The average molecular weight is 152 g/mol. The first-order valence-electron chi connectivity index (χ1n) is 3.70. The van der Waals surface area contributed by atoms with Crippen molar-refractivity contribution in [2.24, 2.45) is 0 Å². The molecule has 0 N–H and O–H groups in total. The Balaban J connectivity index is 2.60. The third-order valence-electron chi connectivity index (χ3n) is 1.67. The van der Waals surface area contributed by atoms with Gasteiger partial charge in [0, 0.05) is 7.11 Å². The van der Waals surface area contributed by atoms with Crippen LogP contribution >= 0.6 is 0 Å². The summed E-state index contributed by atoms with van der Waals surface area (Å²) in [6.07, 6.45) is 6.76. The van der Waals surface area contributed by atoms with Crippen LogP contribution in [0.15, 0.2) is 23.3 Å². The lowest BCUT2D eigenvalue weighted by atomic mass is 10.0. The van der Waals surface area contributed by atoms with Gasteiger partial charge in [-0.25, -0.2) is 0 Å². The molecule has 0 fully saturated rings. The van der Waals surface area contributed by atoms with Crippen LogP contribution in [0.4, 0.5) is 0 Å². The van der Waals surface area contributed by atoms with Gasteiger partial charge in [0.25, 0.3) is 0 Å². The molecule has 0 aromatic rings. The minimum Gasteiger partial charge on any atom is -0.380 e. The number of rotatable bonds is 3. The van der Waals surface area contributed by atoms with Crippen molar-refractivity contribution in [3.63, 3.8) is 0 Å². The molecule has 1 aliphatic rings. The molecule has 1 aliphatic carbocycles. The molecule has 0 aliphatic heterocycles. The number of hydrogen-bond acceptors (Lipinski definition) is 2. The molecule has 0 aromatic heterocycles. The molecule has 0 saturated carbocycles. The van der Waals surface area contributed by atoms with Gasteiger partial charge in [-0.2, -0.15) is 0 Å². The van der Waals surface area contributed by atoms with Crippen LogP contribution < -0.4 is 0 Å². The number of carbonyl (C=O) groups is 1. The van der Waals surface area contributed by atoms with Crippen molar-refractivity contribution < 1.29 is 9.53 Å². The molecule has 60 valence electrons. The summed E-state index contributed by atoms with van der Waals surface area (Å²) in [7, 11) is 1.66. The Labute approximate surface area is 66.5 Å². The van der Waals surface area contributed by atoms with Gasteiger partial charge < -0.3 is 4.74 Å². The normalized spacial score (nSPS) is 17.2. The lowest BCUT2D eigenvalue weighted by molar-refractivity contribution is -0.105. The van der Waals surface area contributed by atoms with Crippen molar-refractivity contribution >= 4 is 6.29 Å². The first-order chi connectivity index (χ1) is 5.36. The molecule has 0 bridgehead atoms. The summed E-state index contributed by atoms with van der Waals surface area (Å²) in [5.74, 6) is 0. The zero-order valence-corrected chi connectivity index (χ0v) is 6.67. The minimum atomic E-state index is 0.608. The summed E-state index contributed by atoms with van der Waals surface area (Å²) in [5.41, 5.74) is 1.99. The Morgan fingerprint density at radius 1 is 1.73 bits per heavy atom. The van der Waals surface area contributed by atoms with Crippen LogP contribution in [0.25, 0.3) is 0 Å². The zero-order chi connectivity index (χ0) is 8.10. The number of aldehydes is 1. The van der Waals surface area contributed by atoms with Gasteiger partial charge in [0.2, 0.25) is 0 Å². The van der Waals surface area contributed by atoms with Gasteiger partial charge in [0.05, 0.1) is 6.61 Å². The molecule has 0 heterocycles. The predicted octanol–water partition coefficient (Wildman–Crippen LogP) is 1.48. The first kappa shape index (κ1) is 8.21. The topological polar surface area (TPSA) is 26.3 Å². The summed E-state index contributed by atoms with van der Waals surface area (Å²) in [5, 5.41) is 0. The Morgan fingerprint density at radius 3 is 3.18 bits per heavy atom. The number of methoxy groups -OCH3 is 1. The molecule has 0 aromatic carbocycles. The van der Waals surface area contributed by atoms with Crippen molar-refractivity contribution in [1.29, 1.82) is 0 Å². The van der Waals surface area contributed by atoms with Crippen LogP contribution in [0.5, 0.6) is 0 Å². The van der Waals surface area contributed by atoms with E-state index in [2.05, 4.69) is 6.08 Å². The summed E-state index contributed by atoms with van der Waals surface area (Å²) in [6.45, 7) is 0.608. The monoisotopic (exact) mass is 152 g/mol. The smallest absolute Gasteiger partial charge is 0.146 e. The van der Waals surface area contributed by atoms with E-state index >= 15 is 0 Å². The van der Waals surface area contributed by atoms with Gasteiger partial charge in [-0.1, -0.05) is 12.2 Å². The van der Waals surface area contributed by atoms with E-state index in [-0.39, 0.29) is 0 Å². The van der Waals surface area contributed by atoms with Crippen LogP contribution in [0.2, 0.25) is 0 Å². The van der Waals surface area contributed by atoms with Crippen molar-refractivity contribution in [2.75, 3.05) is 13.7 Å². The number of carbonyl (C=O) groups excluding carboxylic acids is 1. The van der Waals surface area contributed by atoms with Crippen LogP contribution in [-0.4, -0.2) is 20.0 Å². The van der Waals surface area contributed by atoms with E-state index in [9.17, 15) is 4.79 Å². The molecule has 0 saturated heterocycles. The summed E-state index contributed by atoms with van der Waals surface area (Å²) in [4.78, 5) is 10.4. The standard InChI is InChI=1S/C9H12O2/c1-11-7-9-4-2-3-8(5-9)6-10/h4-6H,2-3,7H2,1H3. The Hall–Kier alpha value is -0.890. The number of ether oxygens (including phenoxy) is 1. The van der Waals surface area contributed by atoms with E-state index < -0.39 is 0 Å². The molecule has 0 unspecified atom stereocenters. The van der Waals surface area contributed by atoms with Crippen LogP contribution in [0.1, 0.15) is 12.8 Å². The zero-order valence-electron chi connectivity index (χ0n) is 6.67. The predicted molar refractivity (Wildman–Crippen MR) is 43.3 cm³/mol. The van der Waals surface area contributed by atoms with E-state index in [0.29, 0.717) is 6.61 Å². The van der Waals surface area contributed by atoms with Crippen LogP contribution in [-0.2, 0) is 9.53 Å². The third-order valence-corrected chi connectivity index (χ3v) is 1.67. The molecule has 0 atom stereocenters. The highest BCUT2D eigenvalue weighted by Crippen LogP contribution is 2.15. The SMILES string of the molecule is COCC1=CCCC(C=O)=C1. The first-order valence-corrected chi connectivity index (χ1v) is 3.70. The van der Waals surface area contributed by atoms with Gasteiger partial charge in [-0.15, -0.1) is 0 Å². The molecule has 0 radical (unpaired) electrons. The Bertz CT molecular complexity index is 202. The van der Waals surface area contributed by atoms with Gasteiger partial charge in [-0.05, 0) is 24.0 Å². The van der Waals surface area contributed by atoms with Crippen LogP contribution in [0, 0.1) is 0 Å². The third kappa shape index (κ3) is 2.31. The molecule has 2 heteroatoms. The second-order valence-corrected chi connectivity index (χ2v) is 2.59. The van der Waals surface area contributed by atoms with E-state index in [1.54, 1.807) is 7.11 Å². The number of hydrogen-bond donors (Lipinski definition) is 0. The fraction of sp³-hybridized carbons (Fsp3) is 0.444. The maximum absolute atomic E-state index is 10.4. The lowest BCUT2D eigenvalue weighted by Gasteiger charge is -2.08. The molecule has 0 amide bonds. The number of allylic oxidation sites excluding steroid dienone is 2. The second-order valence-electron chi connectivity index (χ2n) is 2.59. The van der Waals surface area contributed by atoms with E-state index in [4.69, 9.17) is 4.74 Å². The Morgan fingerprint density at radius 2 is 2.55 bits per heavy atom. The van der Waals surface area contributed by atoms with Crippen molar-refractivity contribution in [2.45, 2.75) is 12.8 Å². The molecule has 2 nitrogen and oxygen atoms in total. The van der Waals surface area contributed by atoms with Gasteiger partial charge in [0.1, 0.15) is 6.29 Å². The largest absolute Gasteiger partial charge is 0.380 e. The van der Waals surface area contributed by atoms with Gasteiger partial charge >= 0.3 is 0 Å². The highest BCUT2D eigenvalue weighted by Gasteiger charge is 2.03. The van der Waals surface area contributed by atoms with Crippen LogP contribution in [0.3, 0.4) is 0 Å². The van der Waals surface area contributed by atoms with Gasteiger partial charge in [-0.3, -0.25) is 4.79 Å². The van der Waals surface area contributed by atoms with E-state index in [1.807, 2.05) is 6.08 Å². The molecular formula is C9H12O2. The quantitative estimate of drug-likeness (QED) is 0.572. The molecular weight excluding hydrogens is 140 g/mol. The van der Waals surface area contributed by atoms with Gasteiger partial charge in [0.15, 0.2) is 0 Å². The summed E-state index contributed by atoms with van der Waals surface area (Å²) < 4.78 is 4.95. The summed E-state index contributed by atoms with van der Waals surface area (Å²) in [6, 6.07) is 0. The molecule has 1 rings (SSSR count). The highest BCUT2D eigenvalue weighted by atomic mass is 16.5. The molecule has 0 spiro atoms. The fourth-order valence-corrected chi connectivity index (χ4v) is 1.15. The molecule has 11 heavy (non-hydrogen) atoms. The van der Waals surface area contributed by atoms with Crippen molar-refractivity contribution in [3.05, 3.63) is 23.3 Å². The fourth-order valence-electron chi connectivity index (χ4n) is 1.15. The minimum absolute atomic E-state index is 0.608. The van der Waals surface area contributed by atoms with E-state index in [1.165, 1.54) is 0 Å². The van der Waals surface area contributed by atoms with E-state index in [0.717, 1.165) is 30.3 Å². The maximum Gasteiger partial charge on any atom is 0.146 e. The maximum atomic E-state index is 10.4. The Kier molecular flexibility index (Phi) is 3.05.